The molecule has 0 radical (unpaired) electrons. The van der Waals surface area contributed by atoms with Crippen LogP contribution in [0.3, 0.4) is 0 Å². The predicted molar refractivity (Wildman–Crippen MR) is 73.0 cm³/mol. The summed E-state index contributed by atoms with van der Waals surface area (Å²) in [4.78, 5) is 10.9. The second-order valence-corrected chi connectivity index (χ2v) is 4.37. The van der Waals surface area contributed by atoms with E-state index in [9.17, 15) is 0 Å². The maximum Gasteiger partial charge on any atom is 0.276 e. The molecule has 0 amide bonds. The van der Waals surface area contributed by atoms with Gasteiger partial charge in [0.25, 0.3) is 5.89 Å². The van der Waals surface area contributed by atoms with Crippen molar-refractivity contribution in [3.63, 3.8) is 0 Å². The molecule has 2 aromatic heterocycles. The first kappa shape index (κ1) is 13.9. The van der Waals surface area contributed by atoms with Gasteiger partial charge in [0.05, 0.1) is 6.04 Å². The Bertz CT molecular complexity index is 518. The van der Waals surface area contributed by atoms with Gasteiger partial charge in [0.15, 0.2) is 5.82 Å². The number of aromatic nitrogens is 3. The van der Waals surface area contributed by atoms with Gasteiger partial charge in [-0.15, -0.1) is 12.4 Å². The summed E-state index contributed by atoms with van der Waals surface area (Å²) in [5.74, 6) is 1.19. The summed E-state index contributed by atoms with van der Waals surface area (Å²) in [5.41, 5.74) is 0.711. The average Bonchev–Trinajstić information content (AvgIpc) is 2.90. The van der Waals surface area contributed by atoms with Crippen LogP contribution in [0.2, 0.25) is 0 Å². The molecule has 1 unspecified atom stereocenters. The molecule has 19 heavy (non-hydrogen) atoms. The summed E-state index contributed by atoms with van der Waals surface area (Å²) in [5, 5.41) is 7.39. The Morgan fingerprint density at radius 1 is 1.42 bits per heavy atom. The third-order valence-electron chi connectivity index (χ3n) is 3.13. The fraction of sp³-hybridized carbons (Fsp3) is 0.417. The molecule has 1 atom stereocenters. The Kier molecular flexibility index (Phi) is 4.47. The predicted octanol–water partition coefficient (Wildman–Crippen LogP) is 1.13. The maximum atomic E-state index is 5.27. The Balaban J connectivity index is 0.00000133. The molecule has 1 N–H and O–H groups in total. The molecule has 1 aliphatic rings. The lowest BCUT2D eigenvalue weighted by Gasteiger charge is -2.30. The molecule has 1 fully saturated rings. The quantitative estimate of drug-likeness (QED) is 0.890. The second-order valence-electron chi connectivity index (χ2n) is 4.37. The van der Waals surface area contributed by atoms with Gasteiger partial charge in [0.1, 0.15) is 5.69 Å². The van der Waals surface area contributed by atoms with Crippen molar-refractivity contribution in [2.75, 3.05) is 26.7 Å². The van der Waals surface area contributed by atoms with Crippen molar-refractivity contribution in [1.29, 1.82) is 0 Å². The highest BCUT2D eigenvalue weighted by molar-refractivity contribution is 5.85. The third kappa shape index (κ3) is 2.91. The highest BCUT2D eigenvalue weighted by atomic mass is 35.5. The van der Waals surface area contributed by atoms with E-state index >= 15 is 0 Å². The summed E-state index contributed by atoms with van der Waals surface area (Å²) in [6.45, 7) is 2.83. The molecule has 0 spiro atoms. The Morgan fingerprint density at radius 3 is 3.05 bits per heavy atom. The molecule has 0 aliphatic carbocycles. The number of hydrogen-bond acceptors (Lipinski definition) is 6. The van der Waals surface area contributed by atoms with Crippen LogP contribution in [-0.2, 0) is 0 Å². The van der Waals surface area contributed by atoms with E-state index in [1.54, 1.807) is 6.20 Å². The van der Waals surface area contributed by atoms with Gasteiger partial charge in [-0.05, 0) is 19.2 Å². The highest BCUT2D eigenvalue weighted by Gasteiger charge is 2.25. The molecule has 1 saturated heterocycles. The fourth-order valence-electron chi connectivity index (χ4n) is 2.06. The highest BCUT2D eigenvalue weighted by Crippen LogP contribution is 2.21. The molecule has 1 aliphatic heterocycles. The first-order valence-corrected chi connectivity index (χ1v) is 6.00. The summed E-state index contributed by atoms with van der Waals surface area (Å²) < 4.78 is 5.27. The van der Waals surface area contributed by atoms with Crippen LogP contribution >= 0.6 is 12.4 Å². The zero-order chi connectivity index (χ0) is 12.4. The van der Waals surface area contributed by atoms with Crippen molar-refractivity contribution in [3.05, 3.63) is 30.2 Å². The van der Waals surface area contributed by atoms with Crippen LogP contribution in [0.15, 0.2) is 28.9 Å². The van der Waals surface area contributed by atoms with E-state index in [1.165, 1.54) is 0 Å². The number of pyridine rings is 1. The first-order valence-electron chi connectivity index (χ1n) is 6.00. The Morgan fingerprint density at radius 2 is 2.32 bits per heavy atom. The fourth-order valence-corrected chi connectivity index (χ4v) is 2.06. The van der Waals surface area contributed by atoms with Gasteiger partial charge in [-0.25, -0.2) is 0 Å². The lowest BCUT2D eigenvalue weighted by atomic mass is 10.2. The van der Waals surface area contributed by atoms with Gasteiger partial charge in [-0.3, -0.25) is 9.88 Å². The number of likely N-dealkylation sites (N-methyl/N-ethyl adjacent to an activating group) is 1. The van der Waals surface area contributed by atoms with E-state index in [0.717, 1.165) is 19.6 Å². The molecule has 0 bridgehead atoms. The molecule has 102 valence electrons. The minimum absolute atomic E-state index is 0. The number of piperazine rings is 1. The van der Waals surface area contributed by atoms with Crippen LogP contribution in [0.1, 0.15) is 11.9 Å². The normalized spacial score (nSPS) is 19.9. The van der Waals surface area contributed by atoms with Crippen molar-refractivity contribution >= 4 is 12.4 Å². The molecule has 6 nitrogen and oxygen atoms in total. The molecule has 2 aromatic rings. The standard InChI is InChI=1S/C12H15N5O.ClH/c1-17-7-6-13-8-10(17)11-15-12(18-16-11)9-4-2-3-5-14-9;/h2-5,10,13H,6-8H2,1H3;1H. The zero-order valence-corrected chi connectivity index (χ0v) is 11.4. The zero-order valence-electron chi connectivity index (χ0n) is 10.6. The molecular weight excluding hydrogens is 266 g/mol. The van der Waals surface area contributed by atoms with E-state index in [1.807, 2.05) is 18.2 Å². The molecule has 7 heteroatoms. The number of nitrogens with one attached hydrogen (secondary N) is 1. The summed E-state index contributed by atoms with van der Waals surface area (Å²) in [7, 11) is 2.07. The van der Waals surface area contributed by atoms with E-state index in [-0.39, 0.29) is 18.4 Å². The largest absolute Gasteiger partial charge is 0.332 e. The Labute approximate surface area is 117 Å². The van der Waals surface area contributed by atoms with E-state index in [0.29, 0.717) is 17.4 Å². The van der Waals surface area contributed by atoms with Crippen LogP contribution in [0.4, 0.5) is 0 Å². The van der Waals surface area contributed by atoms with Gasteiger partial charge in [0, 0.05) is 25.8 Å². The monoisotopic (exact) mass is 281 g/mol. The SMILES string of the molecule is CN1CCNCC1c1noc(-c2ccccn2)n1.Cl. The first-order chi connectivity index (χ1) is 8.84. The van der Waals surface area contributed by atoms with Crippen LogP contribution < -0.4 is 5.32 Å². The van der Waals surface area contributed by atoms with E-state index in [2.05, 4.69) is 32.4 Å². The average molecular weight is 282 g/mol. The minimum Gasteiger partial charge on any atom is -0.332 e. The maximum absolute atomic E-state index is 5.27. The van der Waals surface area contributed by atoms with Crippen molar-refractivity contribution in [3.8, 4) is 11.6 Å². The van der Waals surface area contributed by atoms with Crippen molar-refractivity contribution in [2.24, 2.45) is 0 Å². The van der Waals surface area contributed by atoms with Crippen LogP contribution in [0, 0.1) is 0 Å². The lowest BCUT2D eigenvalue weighted by Crippen LogP contribution is -2.44. The second kappa shape index (κ2) is 6.10. The number of rotatable bonds is 2. The van der Waals surface area contributed by atoms with Crippen molar-refractivity contribution < 1.29 is 4.52 Å². The summed E-state index contributed by atoms with van der Waals surface area (Å²) >= 11 is 0. The van der Waals surface area contributed by atoms with Crippen LogP contribution in [0.25, 0.3) is 11.6 Å². The Hall–Kier alpha value is -1.50. The van der Waals surface area contributed by atoms with Crippen molar-refractivity contribution in [1.82, 2.24) is 25.3 Å². The summed E-state index contributed by atoms with van der Waals surface area (Å²) in [6.07, 6.45) is 1.72. The number of halogens is 1. The minimum atomic E-state index is 0. The van der Waals surface area contributed by atoms with Crippen molar-refractivity contribution in [2.45, 2.75) is 6.04 Å². The smallest absolute Gasteiger partial charge is 0.276 e. The van der Waals surface area contributed by atoms with Gasteiger partial charge in [-0.1, -0.05) is 11.2 Å². The number of nitrogens with zero attached hydrogens (tertiary/aromatic N) is 4. The molecule has 3 rings (SSSR count). The lowest BCUT2D eigenvalue weighted by molar-refractivity contribution is 0.190. The molecule has 0 saturated carbocycles. The topological polar surface area (TPSA) is 67.1 Å². The molecule has 3 heterocycles. The van der Waals surface area contributed by atoms with E-state index in [4.69, 9.17) is 4.52 Å². The molecular formula is C12H16ClN5O. The third-order valence-corrected chi connectivity index (χ3v) is 3.13. The van der Waals surface area contributed by atoms with Crippen LogP contribution in [0.5, 0.6) is 0 Å². The van der Waals surface area contributed by atoms with Gasteiger partial charge in [-0.2, -0.15) is 4.98 Å². The summed E-state index contributed by atoms with van der Waals surface area (Å²) in [6, 6.07) is 5.79. The van der Waals surface area contributed by atoms with E-state index < -0.39 is 0 Å². The van der Waals surface area contributed by atoms with Gasteiger partial charge < -0.3 is 9.84 Å². The van der Waals surface area contributed by atoms with Gasteiger partial charge in [0.2, 0.25) is 0 Å². The van der Waals surface area contributed by atoms with Crippen LogP contribution in [-0.4, -0.2) is 46.7 Å². The number of hydrogen-bond donors (Lipinski definition) is 1. The van der Waals surface area contributed by atoms with Gasteiger partial charge >= 0.3 is 0 Å². The molecule has 0 aromatic carbocycles.